The van der Waals surface area contributed by atoms with Crippen LogP contribution in [0.1, 0.15) is 36.0 Å². The Balaban J connectivity index is 1.87. The molecule has 1 saturated heterocycles. The molecule has 22 heavy (non-hydrogen) atoms. The fourth-order valence-corrected chi connectivity index (χ4v) is 2.87. The Morgan fingerprint density at radius 1 is 1.23 bits per heavy atom. The Bertz CT molecular complexity index is 574. The minimum Gasteiger partial charge on any atom is -0.479 e. The molecule has 5 heteroatoms. The summed E-state index contributed by atoms with van der Waals surface area (Å²) >= 11 is 0. The highest BCUT2D eigenvalue weighted by atomic mass is 16.4. The highest BCUT2D eigenvalue weighted by Gasteiger charge is 2.40. The quantitative estimate of drug-likeness (QED) is 0.887. The lowest BCUT2D eigenvalue weighted by atomic mass is 9.91. The van der Waals surface area contributed by atoms with Crippen molar-refractivity contribution in [1.82, 2.24) is 4.90 Å². The molecule has 0 aromatic heterocycles. The van der Waals surface area contributed by atoms with Gasteiger partial charge in [-0.3, -0.25) is 4.79 Å². The number of aliphatic carboxylic acids is 1. The number of rotatable bonds is 4. The number of aryl methyl sites for hydroxylation is 3. The van der Waals surface area contributed by atoms with E-state index in [2.05, 4.69) is 12.1 Å². The summed E-state index contributed by atoms with van der Waals surface area (Å²) in [6.45, 7) is 4.68. The van der Waals surface area contributed by atoms with Crippen LogP contribution in [0.3, 0.4) is 0 Å². The summed E-state index contributed by atoms with van der Waals surface area (Å²) in [6.07, 6.45) is 1.29. The number of amides is 1. The molecular formula is C17H23NO4. The van der Waals surface area contributed by atoms with Crippen molar-refractivity contribution in [2.45, 2.75) is 45.1 Å². The van der Waals surface area contributed by atoms with Gasteiger partial charge < -0.3 is 15.1 Å². The number of hydrogen-bond acceptors (Lipinski definition) is 3. The smallest absolute Gasteiger partial charge is 0.335 e. The van der Waals surface area contributed by atoms with Crippen molar-refractivity contribution in [2.24, 2.45) is 0 Å². The fraction of sp³-hybridized carbons (Fsp3) is 0.529. The molecule has 1 amide bonds. The standard InChI is InChI=1S/C17H23NO4/c1-12-3-4-14(13(2)11-12)5-6-15(19)18-9-7-17(22,8-10-18)16(20)21/h3-4,11,22H,5-10H2,1-2H3,(H,20,21). The zero-order chi connectivity index (χ0) is 16.3. The summed E-state index contributed by atoms with van der Waals surface area (Å²) in [6, 6.07) is 6.20. The zero-order valence-electron chi connectivity index (χ0n) is 13.1. The maximum Gasteiger partial charge on any atom is 0.335 e. The van der Waals surface area contributed by atoms with E-state index in [1.54, 1.807) is 4.90 Å². The molecule has 0 aliphatic carbocycles. The second-order valence-corrected chi connectivity index (χ2v) is 6.15. The SMILES string of the molecule is Cc1ccc(CCC(=O)N2CCC(O)(C(=O)O)CC2)c(C)c1. The molecule has 2 N–H and O–H groups in total. The first-order valence-electron chi connectivity index (χ1n) is 7.61. The predicted molar refractivity (Wildman–Crippen MR) is 82.6 cm³/mol. The van der Waals surface area contributed by atoms with Crippen molar-refractivity contribution in [1.29, 1.82) is 0 Å². The van der Waals surface area contributed by atoms with E-state index in [-0.39, 0.29) is 18.7 Å². The number of benzene rings is 1. The molecular weight excluding hydrogens is 282 g/mol. The van der Waals surface area contributed by atoms with Gasteiger partial charge >= 0.3 is 5.97 Å². The molecule has 1 aliphatic rings. The van der Waals surface area contributed by atoms with E-state index in [0.29, 0.717) is 25.9 Å². The minimum atomic E-state index is -1.68. The molecule has 2 rings (SSSR count). The molecule has 0 bridgehead atoms. The topological polar surface area (TPSA) is 77.8 Å². The van der Waals surface area contributed by atoms with Gasteiger partial charge in [-0.1, -0.05) is 23.8 Å². The average molecular weight is 305 g/mol. The van der Waals surface area contributed by atoms with E-state index in [1.165, 1.54) is 11.1 Å². The van der Waals surface area contributed by atoms with Gasteiger partial charge in [0.2, 0.25) is 5.91 Å². The van der Waals surface area contributed by atoms with Gasteiger partial charge in [-0.2, -0.15) is 0 Å². The Morgan fingerprint density at radius 2 is 1.86 bits per heavy atom. The van der Waals surface area contributed by atoms with Crippen molar-refractivity contribution in [3.05, 3.63) is 34.9 Å². The van der Waals surface area contributed by atoms with E-state index < -0.39 is 11.6 Å². The van der Waals surface area contributed by atoms with Gasteiger partial charge in [0.25, 0.3) is 0 Å². The second kappa shape index (κ2) is 6.48. The maximum absolute atomic E-state index is 12.2. The third kappa shape index (κ3) is 3.65. The fourth-order valence-electron chi connectivity index (χ4n) is 2.87. The molecule has 0 radical (unpaired) electrons. The number of carboxylic acid groups (broad SMARTS) is 1. The van der Waals surface area contributed by atoms with Gasteiger partial charge in [0.15, 0.2) is 5.60 Å². The van der Waals surface area contributed by atoms with Crippen molar-refractivity contribution < 1.29 is 19.8 Å². The van der Waals surface area contributed by atoms with Crippen LogP contribution >= 0.6 is 0 Å². The second-order valence-electron chi connectivity index (χ2n) is 6.15. The normalized spacial score (nSPS) is 17.3. The van der Waals surface area contributed by atoms with Crippen LogP contribution < -0.4 is 0 Å². The van der Waals surface area contributed by atoms with E-state index in [4.69, 9.17) is 5.11 Å². The number of carbonyl (C=O) groups excluding carboxylic acids is 1. The zero-order valence-corrected chi connectivity index (χ0v) is 13.1. The van der Waals surface area contributed by atoms with Gasteiger partial charge in [0, 0.05) is 32.4 Å². The van der Waals surface area contributed by atoms with Crippen molar-refractivity contribution in [2.75, 3.05) is 13.1 Å². The largest absolute Gasteiger partial charge is 0.479 e. The summed E-state index contributed by atoms with van der Waals surface area (Å²) in [7, 11) is 0. The first-order valence-corrected chi connectivity index (χ1v) is 7.61. The number of carboxylic acids is 1. The average Bonchev–Trinajstić information content (AvgIpc) is 2.46. The monoisotopic (exact) mass is 305 g/mol. The molecule has 0 saturated carbocycles. The van der Waals surface area contributed by atoms with Gasteiger partial charge in [-0.05, 0) is 31.4 Å². The van der Waals surface area contributed by atoms with Gasteiger partial charge in [-0.15, -0.1) is 0 Å². The Hall–Kier alpha value is -1.88. The Morgan fingerprint density at radius 3 is 2.41 bits per heavy atom. The van der Waals surface area contributed by atoms with Crippen LogP contribution in [0.25, 0.3) is 0 Å². The molecule has 1 heterocycles. The summed E-state index contributed by atoms with van der Waals surface area (Å²) in [5, 5.41) is 18.9. The Kier molecular flexibility index (Phi) is 4.86. The van der Waals surface area contributed by atoms with Crippen LogP contribution in [0.4, 0.5) is 0 Å². The number of carbonyl (C=O) groups is 2. The Labute approximate surface area is 130 Å². The lowest BCUT2D eigenvalue weighted by Crippen LogP contribution is -2.50. The molecule has 5 nitrogen and oxygen atoms in total. The van der Waals surface area contributed by atoms with E-state index in [0.717, 1.165) is 5.56 Å². The summed E-state index contributed by atoms with van der Waals surface area (Å²) < 4.78 is 0. The first kappa shape index (κ1) is 16.5. The maximum atomic E-state index is 12.2. The van der Waals surface area contributed by atoms with E-state index in [1.807, 2.05) is 19.9 Å². The molecule has 1 aliphatic heterocycles. The number of aliphatic hydroxyl groups is 1. The lowest BCUT2D eigenvalue weighted by Gasteiger charge is -2.35. The third-order valence-corrected chi connectivity index (χ3v) is 4.45. The van der Waals surface area contributed by atoms with Gasteiger partial charge in [-0.25, -0.2) is 4.79 Å². The molecule has 0 atom stereocenters. The minimum absolute atomic E-state index is 0.0208. The molecule has 0 unspecified atom stereocenters. The summed E-state index contributed by atoms with van der Waals surface area (Å²) in [4.78, 5) is 24.9. The summed E-state index contributed by atoms with van der Waals surface area (Å²) in [5.74, 6) is -1.18. The summed E-state index contributed by atoms with van der Waals surface area (Å²) in [5.41, 5.74) is 1.88. The molecule has 1 aromatic rings. The lowest BCUT2D eigenvalue weighted by molar-refractivity contribution is -0.165. The van der Waals surface area contributed by atoms with Gasteiger partial charge in [0.05, 0.1) is 0 Å². The van der Waals surface area contributed by atoms with Crippen molar-refractivity contribution in [3.8, 4) is 0 Å². The number of hydrogen-bond donors (Lipinski definition) is 2. The molecule has 1 aromatic carbocycles. The van der Waals surface area contributed by atoms with Crippen LogP contribution in [0.5, 0.6) is 0 Å². The molecule has 0 spiro atoms. The highest BCUT2D eigenvalue weighted by Crippen LogP contribution is 2.23. The van der Waals surface area contributed by atoms with Gasteiger partial charge in [0.1, 0.15) is 0 Å². The highest BCUT2D eigenvalue weighted by molar-refractivity contribution is 5.79. The number of piperidine rings is 1. The van der Waals surface area contributed by atoms with Crippen LogP contribution in [-0.4, -0.2) is 45.7 Å². The third-order valence-electron chi connectivity index (χ3n) is 4.45. The predicted octanol–water partition coefficient (Wildman–Crippen LogP) is 1.67. The number of nitrogens with zero attached hydrogens (tertiary/aromatic N) is 1. The molecule has 1 fully saturated rings. The molecule has 120 valence electrons. The van der Waals surface area contributed by atoms with Crippen LogP contribution in [0.15, 0.2) is 18.2 Å². The van der Waals surface area contributed by atoms with Crippen molar-refractivity contribution >= 4 is 11.9 Å². The van der Waals surface area contributed by atoms with Crippen molar-refractivity contribution in [3.63, 3.8) is 0 Å². The van der Waals surface area contributed by atoms with Crippen LogP contribution in [0.2, 0.25) is 0 Å². The van der Waals surface area contributed by atoms with E-state index >= 15 is 0 Å². The first-order chi connectivity index (χ1) is 10.3. The van der Waals surface area contributed by atoms with Crippen LogP contribution in [0, 0.1) is 13.8 Å². The van der Waals surface area contributed by atoms with E-state index in [9.17, 15) is 14.7 Å². The number of likely N-dealkylation sites (tertiary alicyclic amines) is 1. The van der Waals surface area contributed by atoms with Crippen LogP contribution in [-0.2, 0) is 16.0 Å².